The number of hydrogen-bond acceptors (Lipinski definition) is 13. The van der Waals surface area contributed by atoms with Crippen molar-refractivity contribution in [3.8, 4) is 0 Å². The maximum atomic E-state index is 10.4. The number of carboxylic acids is 6. The van der Waals surface area contributed by atoms with Gasteiger partial charge in [0.1, 0.15) is 35.2 Å². The lowest BCUT2D eigenvalue weighted by molar-refractivity contribution is -0.143. The lowest BCUT2D eigenvalue weighted by Crippen LogP contribution is -2.44. The van der Waals surface area contributed by atoms with Crippen molar-refractivity contribution >= 4 is 35.8 Å². The Balaban J connectivity index is -0.000000611. The minimum absolute atomic E-state index is 0.357. The number of carboxylic acid groups (broad SMARTS) is 6. The molecule has 0 aliphatic heterocycles. The molecule has 0 aromatic heterocycles. The second-order valence-electron chi connectivity index (χ2n) is 14.7. The molecule has 2 aliphatic rings. The molecule has 2 fully saturated rings. The first-order valence-corrected chi connectivity index (χ1v) is 18.3. The molecule has 0 saturated heterocycles. The van der Waals surface area contributed by atoms with Crippen LogP contribution in [0.1, 0.15) is 104 Å². The van der Waals surface area contributed by atoms with Gasteiger partial charge in [-0.15, -0.1) is 0 Å². The van der Waals surface area contributed by atoms with Gasteiger partial charge in [-0.05, 0) is 63.4 Å². The summed E-state index contributed by atoms with van der Waals surface area (Å²) in [5.41, 5.74) is 30.3. The molecule has 0 amide bonds. The van der Waals surface area contributed by atoms with Crippen LogP contribution in [0.25, 0.3) is 0 Å². The Morgan fingerprint density at radius 3 is 1.38 bits per heavy atom. The van der Waals surface area contributed by atoms with Crippen molar-refractivity contribution in [3.05, 3.63) is 35.9 Å². The normalized spacial score (nSPS) is 16.6. The smallest absolute Gasteiger partial charge is 0.323 e. The van der Waals surface area contributed by atoms with Gasteiger partial charge in [0.2, 0.25) is 0 Å². The number of benzene rings is 1. The molecule has 19 N–H and O–H groups in total. The third kappa shape index (κ3) is 30.0. The number of hydrogen-bond donors (Lipinski definition) is 13. The lowest BCUT2D eigenvalue weighted by Gasteiger charge is -2.22. The molecular weight excluding hydrogens is 736 g/mol. The first-order chi connectivity index (χ1) is 25.7. The van der Waals surface area contributed by atoms with E-state index in [-0.39, 0.29) is 0 Å². The largest absolute Gasteiger partial charge is 0.480 e. The van der Waals surface area contributed by atoms with Gasteiger partial charge in [-0.3, -0.25) is 28.8 Å². The monoisotopic (exact) mass is 804 g/mol. The summed E-state index contributed by atoms with van der Waals surface area (Å²) < 4.78 is 0. The second-order valence-corrected chi connectivity index (χ2v) is 14.7. The van der Waals surface area contributed by atoms with Crippen molar-refractivity contribution in [2.45, 2.75) is 140 Å². The quantitative estimate of drug-likeness (QED) is 0.132. The third-order valence-electron chi connectivity index (χ3n) is 8.27. The van der Waals surface area contributed by atoms with Gasteiger partial charge in [0.15, 0.2) is 0 Å². The number of carbonyl (C=O) groups is 6. The molecular formula is C37H68N6O13. The van der Waals surface area contributed by atoms with Gasteiger partial charge in [-0.2, -0.15) is 0 Å². The zero-order valence-electron chi connectivity index (χ0n) is 33.1. The zero-order chi connectivity index (χ0) is 44.2. The molecule has 2 saturated carbocycles. The molecule has 1 aromatic rings. The Hall–Kier alpha value is -4.24. The highest BCUT2D eigenvalue weighted by atomic mass is 16.4. The van der Waals surface area contributed by atoms with Gasteiger partial charge < -0.3 is 70.1 Å². The minimum atomic E-state index is -1.18. The van der Waals surface area contributed by atoms with Crippen LogP contribution in [0.5, 0.6) is 0 Å². The van der Waals surface area contributed by atoms with Crippen LogP contribution in [0.3, 0.4) is 0 Å². The summed E-state index contributed by atoms with van der Waals surface area (Å²) in [4.78, 5) is 60.9. The molecule has 4 atom stereocenters. The summed E-state index contributed by atoms with van der Waals surface area (Å²) in [6, 6.07) is 6.08. The van der Waals surface area contributed by atoms with Crippen molar-refractivity contribution < 1.29 is 64.5 Å². The van der Waals surface area contributed by atoms with E-state index in [1.807, 2.05) is 44.2 Å². The Kier molecular flexibility index (Phi) is 30.0. The van der Waals surface area contributed by atoms with E-state index in [1.54, 1.807) is 0 Å². The van der Waals surface area contributed by atoms with Crippen molar-refractivity contribution in [2.75, 3.05) is 6.61 Å². The predicted molar refractivity (Wildman–Crippen MR) is 209 cm³/mol. The number of nitrogens with two attached hydrogens (primary N) is 6. The molecule has 3 rings (SSSR count). The van der Waals surface area contributed by atoms with Crippen molar-refractivity contribution in [2.24, 2.45) is 46.2 Å². The lowest BCUT2D eigenvalue weighted by atomic mass is 9.85. The molecule has 2 aliphatic carbocycles. The fourth-order valence-electron chi connectivity index (χ4n) is 4.74. The Morgan fingerprint density at radius 2 is 1.11 bits per heavy atom. The molecule has 0 unspecified atom stereocenters. The van der Waals surface area contributed by atoms with Crippen LogP contribution in [0.2, 0.25) is 0 Å². The van der Waals surface area contributed by atoms with Crippen molar-refractivity contribution in [1.82, 2.24) is 0 Å². The Bertz CT molecular complexity index is 1280. The second kappa shape index (κ2) is 30.0. The standard InChI is InChI=1S/C9H17NO2.C9H11NO2.C6H11NO2.C6H13NO2.C4H9NO2.C3H7NO3/c2*10-8(9(11)12)6-7-4-2-1-3-5-7;7-6(5(8)9)3-1-2-4-6;1-4(2)3-5(7)6(8)9;1-4(2,5)3(6)7;4-2(1-5)3(6)7/h7-8H,1-6,10H2,(H,11,12);1-5,8H,6,10H2,(H,11,12);1-4,7H2,(H,8,9);4-5H,3,7H2,1-2H3,(H,8,9);5H2,1-2H3,(H,6,7);2,5H,1,4H2,(H,6,7)/t2*8-;;5-;;2-/m00.0.0/s1. The summed E-state index contributed by atoms with van der Waals surface area (Å²) in [5.74, 6) is -4.82. The van der Waals surface area contributed by atoms with Gasteiger partial charge >= 0.3 is 35.8 Å². The molecule has 0 bridgehead atoms. The Labute approximate surface area is 328 Å². The average molecular weight is 805 g/mol. The van der Waals surface area contributed by atoms with Crippen LogP contribution >= 0.6 is 0 Å². The fraction of sp³-hybridized carbons (Fsp3) is 0.676. The summed E-state index contributed by atoms with van der Waals surface area (Å²) >= 11 is 0. The summed E-state index contributed by atoms with van der Waals surface area (Å²) in [6.07, 6.45) is 10.9. The summed E-state index contributed by atoms with van der Waals surface area (Å²) in [5, 5.41) is 58.0. The molecule has 19 nitrogen and oxygen atoms in total. The van der Waals surface area contributed by atoms with E-state index in [4.69, 9.17) is 70.1 Å². The Morgan fingerprint density at radius 1 is 0.696 bits per heavy atom. The van der Waals surface area contributed by atoms with E-state index in [0.29, 0.717) is 43.9 Å². The summed E-state index contributed by atoms with van der Waals surface area (Å²) in [7, 11) is 0. The van der Waals surface area contributed by atoms with Crippen LogP contribution in [0.4, 0.5) is 0 Å². The zero-order valence-corrected chi connectivity index (χ0v) is 33.1. The first kappa shape index (κ1) is 56.1. The van der Waals surface area contributed by atoms with E-state index in [1.165, 1.54) is 46.0 Å². The fourth-order valence-corrected chi connectivity index (χ4v) is 4.74. The van der Waals surface area contributed by atoms with Gasteiger partial charge in [0.05, 0.1) is 6.61 Å². The van der Waals surface area contributed by atoms with E-state index in [9.17, 15) is 28.8 Å². The van der Waals surface area contributed by atoms with Gasteiger partial charge in [-0.1, -0.05) is 89.1 Å². The molecule has 19 heteroatoms. The summed E-state index contributed by atoms with van der Waals surface area (Å²) in [6.45, 7) is 6.27. The molecule has 0 spiro atoms. The van der Waals surface area contributed by atoms with Crippen LogP contribution < -0.4 is 34.4 Å². The SMILES string of the molecule is CC(C)(N)C(=O)O.CC(C)C[C@H](N)C(=O)O.NC1(C(=O)O)CCCC1.N[C@@H](CC1CCCCC1)C(=O)O.N[C@@H](CO)C(=O)O.N[C@@H](Cc1ccccc1)C(=O)O. The highest BCUT2D eigenvalue weighted by Crippen LogP contribution is 2.27. The minimum Gasteiger partial charge on any atom is -0.480 e. The van der Waals surface area contributed by atoms with E-state index in [0.717, 1.165) is 18.4 Å². The van der Waals surface area contributed by atoms with Crippen molar-refractivity contribution in [1.29, 1.82) is 0 Å². The molecule has 56 heavy (non-hydrogen) atoms. The average Bonchev–Trinajstić information content (AvgIpc) is 3.57. The number of aliphatic carboxylic acids is 6. The molecule has 0 heterocycles. The van der Waals surface area contributed by atoms with E-state index < -0.39 is 77.7 Å². The van der Waals surface area contributed by atoms with E-state index >= 15 is 0 Å². The van der Waals surface area contributed by atoms with Crippen molar-refractivity contribution in [3.63, 3.8) is 0 Å². The number of rotatable bonds is 13. The number of aliphatic hydroxyl groups excluding tert-OH is 1. The molecule has 1 aromatic carbocycles. The first-order valence-electron chi connectivity index (χ1n) is 18.3. The number of aliphatic hydroxyl groups is 1. The highest BCUT2D eigenvalue weighted by Gasteiger charge is 2.36. The van der Waals surface area contributed by atoms with Gasteiger partial charge in [-0.25, -0.2) is 0 Å². The topological polar surface area (TPSA) is 400 Å². The molecule has 324 valence electrons. The van der Waals surface area contributed by atoms with Crippen LogP contribution in [0.15, 0.2) is 30.3 Å². The highest BCUT2D eigenvalue weighted by molar-refractivity contribution is 5.79. The van der Waals surface area contributed by atoms with Gasteiger partial charge in [0, 0.05) is 0 Å². The van der Waals surface area contributed by atoms with Crippen LogP contribution in [0, 0.1) is 11.8 Å². The maximum Gasteiger partial charge on any atom is 0.323 e. The van der Waals surface area contributed by atoms with Crippen LogP contribution in [-0.2, 0) is 35.2 Å². The molecule has 0 radical (unpaired) electrons. The third-order valence-corrected chi connectivity index (χ3v) is 8.27. The van der Waals surface area contributed by atoms with Gasteiger partial charge in [0.25, 0.3) is 0 Å². The van der Waals surface area contributed by atoms with Crippen LogP contribution in [-0.4, -0.2) is 113 Å². The van der Waals surface area contributed by atoms with E-state index in [2.05, 4.69) is 0 Å². The maximum absolute atomic E-state index is 10.4. The predicted octanol–water partition coefficient (Wildman–Crippen LogP) is 0.995.